The molecule has 174 valence electrons. The summed E-state index contributed by atoms with van der Waals surface area (Å²) in [6.07, 6.45) is -1.92. The highest BCUT2D eigenvalue weighted by Crippen LogP contribution is 2.32. The summed E-state index contributed by atoms with van der Waals surface area (Å²) in [6.45, 7) is 0.681. The largest absolute Gasteiger partial charge is 0.465 e. The van der Waals surface area contributed by atoms with E-state index in [1.807, 2.05) is 0 Å². The molecule has 0 unspecified atom stereocenters. The van der Waals surface area contributed by atoms with Crippen LogP contribution in [0.3, 0.4) is 0 Å². The third-order valence-electron chi connectivity index (χ3n) is 5.90. The lowest BCUT2D eigenvalue weighted by atomic mass is 10.1. The van der Waals surface area contributed by atoms with Crippen LogP contribution in [0.1, 0.15) is 23.3 Å². The summed E-state index contributed by atoms with van der Waals surface area (Å²) in [4.78, 5) is 29.4. The summed E-state index contributed by atoms with van der Waals surface area (Å²) in [5, 5.41) is 10.2. The Labute approximate surface area is 190 Å². The highest BCUT2D eigenvalue weighted by Gasteiger charge is 2.30. The zero-order valence-corrected chi connectivity index (χ0v) is 17.7. The van der Waals surface area contributed by atoms with Gasteiger partial charge in [-0.25, -0.2) is 4.79 Å². The number of benzene rings is 1. The van der Waals surface area contributed by atoms with Gasteiger partial charge in [0.25, 0.3) is 5.56 Å². The van der Waals surface area contributed by atoms with Crippen LogP contribution in [0.25, 0.3) is 27.9 Å². The molecule has 1 N–H and O–H groups in total. The minimum atomic E-state index is -4.48. The van der Waals surface area contributed by atoms with E-state index in [9.17, 15) is 27.9 Å². The number of fused-ring (bicyclic) bond motifs is 3. The number of aromatic nitrogens is 2. The van der Waals surface area contributed by atoms with Gasteiger partial charge in [0, 0.05) is 54.0 Å². The Morgan fingerprint density at radius 1 is 1.12 bits per heavy atom. The first-order valence-electron chi connectivity index (χ1n) is 10.5. The van der Waals surface area contributed by atoms with Gasteiger partial charge >= 0.3 is 12.3 Å². The van der Waals surface area contributed by atoms with E-state index >= 15 is 0 Å². The van der Waals surface area contributed by atoms with Gasteiger partial charge in [0.1, 0.15) is 11.3 Å². The molecule has 7 nitrogen and oxygen atoms in total. The quantitative estimate of drug-likeness (QED) is 0.442. The molecule has 0 aliphatic carbocycles. The Morgan fingerprint density at radius 2 is 1.94 bits per heavy atom. The fraction of sp³-hybridized carbons (Fsp3) is 0.208. The summed E-state index contributed by atoms with van der Waals surface area (Å²) in [5.41, 5.74) is 1.33. The van der Waals surface area contributed by atoms with Crippen LogP contribution in [0.5, 0.6) is 0 Å². The zero-order valence-electron chi connectivity index (χ0n) is 17.7. The molecule has 1 amide bonds. The lowest BCUT2D eigenvalue weighted by molar-refractivity contribution is -0.137. The van der Waals surface area contributed by atoms with Crippen LogP contribution in [-0.4, -0.2) is 32.2 Å². The van der Waals surface area contributed by atoms with E-state index in [-0.39, 0.29) is 17.8 Å². The molecule has 0 atom stereocenters. The molecule has 1 aromatic carbocycles. The third kappa shape index (κ3) is 3.91. The van der Waals surface area contributed by atoms with Crippen molar-refractivity contribution >= 4 is 17.1 Å². The van der Waals surface area contributed by atoms with E-state index in [1.54, 1.807) is 24.3 Å². The summed E-state index contributed by atoms with van der Waals surface area (Å²) in [7, 11) is 0. The van der Waals surface area contributed by atoms with Gasteiger partial charge in [-0.1, -0.05) is 0 Å². The number of hydrogen-bond acceptors (Lipinski definition) is 4. The molecular formula is C24H18F3N3O4. The number of nitrogens with zero attached hydrogens (tertiary/aromatic N) is 3. The van der Waals surface area contributed by atoms with E-state index in [2.05, 4.69) is 4.98 Å². The Bertz CT molecular complexity index is 1460. The Kier molecular flexibility index (Phi) is 5.15. The van der Waals surface area contributed by atoms with Crippen LogP contribution in [-0.2, 0) is 19.1 Å². The average Bonchev–Trinajstić information content (AvgIpc) is 2.99. The Balaban J connectivity index is 1.47. The van der Waals surface area contributed by atoms with Gasteiger partial charge in [0.05, 0.1) is 23.5 Å². The van der Waals surface area contributed by atoms with Crippen molar-refractivity contribution in [1.82, 2.24) is 14.5 Å². The molecule has 0 saturated heterocycles. The number of pyridine rings is 2. The lowest BCUT2D eigenvalue weighted by Gasteiger charge is -2.15. The molecule has 1 aliphatic heterocycles. The predicted octanol–water partition coefficient (Wildman–Crippen LogP) is 5.09. The van der Waals surface area contributed by atoms with Gasteiger partial charge in [-0.05, 0) is 36.8 Å². The first-order chi connectivity index (χ1) is 16.2. The lowest BCUT2D eigenvalue weighted by Crippen LogP contribution is -2.28. The summed E-state index contributed by atoms with van der Waals surface area (Å²) in [5.74, 6) is 0.743. The molecule has 0 radical (unpaired) electrons. The fourth-order valence-electron chi connectivity index (χ4n) is 4.16. The molecule has 5 rings (SSSR count). The molecule has 4 aromatic rings. The van der Waals surface area contributed by atoms with Crippen LogP contribution in [0.15, 0.2) is 64.1 Å². The first-order valence-corrected chi connectivity index (χ1v) is 10.5. The van der Waals surface area contributed by atoms with E-state index in [1.165, 1.54) is 27.8 Å². The molecule has 0 bridgehead atoms. The molecular weight excluding hydrogens is 451 g/mol. The van der Waals surface area contributed by atoms with E-state index in [0.29, 0.717) is 36.2 Å². The van der Waals surface area contributed by atoms with Crippen molar-refractivity contribution in [2.24, 2.45) is 0 Å². The molecule has 10 heteroatoms. The summed E-state index contributed by atoms with van der Waals surface area (Å²) < 4.78 is 45.7. The average molecular weight is 469 g/mol. The maximum atomic E-state index is 12.8. The molecule has 1 aliphatic rings. The zero-order chi connectivity index (χ0) is 24.0. The smallest absolute Gasteiger partial charge is 0.417 e. The summed E-state index contributed by atoms with van der Waals surface area (Å²) >= 11 is 0. The van der Waals surface area contributed by atoms with E-state index < -0.39 is 17.8 Å². The normalized spacial score (nSPS) is 14.1. The molecule has 0 spiro atoms. The number of rotatable bonds is 2. The third-order valence-corrected chi connectivity index (χ3v) is 5.90. The highest BCUT2D eigenvalue weighted by atomic mass is 19.4. The molecule has 0 fully saturated rings. The van der Waals surface area contributed by atoms with Crippen LogP contribution >= 0.6 is 0 Å². The number of furan rings is 1. The van der Waals surface area contributed by atoms with Crippen molar-refractivity contribution in [2.45, 2.75) is 25.6 Å². The van der Waals surface area contributed by atoms with E-state index in [4.69, 9.17) is 4.42 Å². The standard InChI is InChI=1S/C24H18F3N3O4/c25-24(26,27)15-3-6-19(28-12-15)14-7-9-30(22(31)10-14)16-4-5-17-18-13-29(23(32)33)8-1-2-20(18)34-21(17)11-16/h3-7,9-12H,1-2,8,13H2,(H,32,33). The number of carboxylic acid groups (broad SMARTS) is 1. The van der Waals surface area contributed by atoms with Gasteiger partial charge in [-0.2, -0.15) is 13.2 Å². The second kappa shape index (κ2) is 8.05. The maximum absolute atomic E-state index is 12.8. The van der Waals surface area contributed by atoms with Crippen LogP contribution in [0.4, 0.5) is 18.0 Å². The fourth-order valence-corrected chi connectivity index (χ4v) is 4.16. The number of amides is 1. The number of aryl methyl sites for hydroxylation is 1. The van der Waals surface area contributed by atoms with Crippen molar-refractivity contribution < 1.29 is 27.5 Å². The number of hydrogen-bond donors (Lipinski definition) is 1. The first kappa shape index (κ1) is 21.7. The highest BCUT2D eigenvalue weighted by molar-refractivity contribution is 5.84. The topological polar surface area (TPSA) is 88.6 Å². The number of carbonyl (C=O) groups is 1. The minimum absolute atomic E-state index is 0.242. The van der Waals surface area contributed by atoms with Crippen molar-refractivity contribution in [1.29, 1.82) is 0 Å². The second-order valence-corrected chi connectivity index (χ2v) is 8.05. The number of alkyl halides is 3. The van der Waals surface area contributed by atoms with Gasteiger partial charge in [-0.3, -0.25) is 14.3 Å². The van der Waals surface area contributed by atoms with Crippen LogP contribution in [0, 0.1) is 0 Å². The van der Waals surface area contributed by atoms with Crippen molar-refractivity contribution in [3.8, 4) is 16.9 Å². The van der Waals surface area contributed by atoms with Gasteiger partial charge in [-0.15, -0.1) is 0 Å². The molecule has 3 aromatic heterocycles. The SMILES string of the molecule is O=C(O)N1CCCc2oc3cc(-n4ccc(-c5ccc(C(F)(F)F)cn5)cc4=O)ccc3c2C1. The van der Waals surface area contributed by atoms with Gasteiger partial charge < -0.3 is 14.4 Å². The monoisotopic (exact) mass is 469 g/mol. The predicted molar refractivity (Wildman–Crippen MR) is 117 cm³/mol. The van der Waals surface area contributed by atoms with Crippen LogP contribution < -0.4 is 5.56 Å². The van der Waals surface area contributed by atoms with Crippen molar-refractivity contribution in [3.05, 3.63) is 82.1 Å². The molecule has 4 heterocycles. The Morgan fingerprint density at radius 3 is 2.62 bits per heavy atom. The summed E-state index contributed by atoms with van der Waals surface area (Å²) in [6, 6.07) is 10.3. The van der Waals surface area contributed by atoms with Crippen LogP contribution in [0.2, 0.25) is 0 Å². The van der Waals surface area contributed by atoms with E-state index in [0.717, 1.165) is 29.0 Å². The van der Waals surface area contributed by atoms with Gasteiger partial charge in [0.15, 0.2) is 0 Å². The molecule has 0 saturated carbocycles. The molecule has 34 heavy (non-hydrogen) atoms. The Hall–Kier alpha value is -4.08. The second-order valence-electron chi connectivity index (χ2n) is 8.05. The van der Waals surface area contributed by atoms with Crippen molar-refractivity contribution in [3.63, 3.8) is 0 Å². The van der Waals surface area contributed by atoms with Gasteiger partial charge in [0.2, 0.25) is 0 Å². The minimum Gasteiger partial charge on any atom is -0.465 e. The number of halogens is 3. The van der Waals surface area contributed by atoms with Crippen molar-refractivity contribution in [2.75, 3.05) is 6.54 Å². The maximum Gasteiger partial charge on any atom is 0.417 e.